The van der Waals surface area contributed by atoms with Gasteiger partial charge in [-0.1, -0.05) is 27.7 Å². The molecule has 0 amide bonds. The van der Waals surface area contributed by atoms with Gasteiger partial charge in [0.1, 0.15) is 0 Å². The van der Waals surface area contributed by atoms with Crippen LogP contribution in [-0.2, 0) is 0 Å². The average Bonchev–Trinajstić information content (AvgIpc) is 2.20. The van der Waals surface area contributed by atoms with Gasteiger partial charge < -0.3 is 10.8 Å². The highest BCUT2D eigenvalue weighted by Crippen LogP contribution is 2.29. The number of nitrogens with two attached hydrogens (primary N) is 1. The molecule has 1 fully saturated rings. The summed E-state index contributed by atoms with van der Waals surface area (Å²) < 4.78 is 0. The summed E-state index contributed by atoms with van der Waals surface area (Å²) in [5.41, 5.74) is 6.37. The molecule has 1 aliphatic rings. The minimum Gasteiger partial charge on any atom is -0.395 e. The highest BCUT2D eigenvalue weighted by Gasteiger charge is 2.36. The molecule has 3 heteroatoms. The van der Waals surface area contributed by atoms with Gasteiger partial charge in [-0.2, -0.15) is 0 Å². The molecule has 0 spiro atoms. The fraction of sp³-hybridized carbons (Fsp3) is 1.00. The number of hydrogen-bond acceptors (Lipinski definition) is 3. The van der Waals surface area contributed by atoms with E-state index < -0.39 is 0 Å². The van der Waals surface area contributed by atoms with Gasteiger partial charge in [0.25, 0.3) is 0 Å². The fourth-order valence-corrected chi connectivity index (χ4v) is 2.92. The van der Waals surface area contributed by atoms with E-state index in [0.29, 0.717) is 6.04 Å². The molecule has 0 aromatic heterocycles. The maximum absolute atomic E-state index is 9.67. The average molecular weight is 242 g/mol. The van der Waals surface area contributed by atoms with Crippen LogP contribution in [0.25, 0.3) is 0 Å². The van der Waals surface area contributed by atoms with Gasteiger partial charge in [0, 0.05) is 18.1 Å². The van der Waals surface area contributed by atoms with E-state index in [1.807, 2.05) is 0 Å². The molecular weight excluding hydrogens is 212 g/mol. The lowest BCUT2D eigenvalue weighted by molar-refractivity contribution is 0.0159. The molecule has 4 unspecified atom stereocenters. The molecule has 1 aliphatic heterocycles. The van der Waals surface area contributed by atoms with E-state index in [1.165, 1.54) is 12.8 Å². The number of likely N-dealkylation sites (tertiary alicyclic amines) is 1. The monoisotopic (exact) mass is 242 g/mol. The van der Waals surface area contributed by atoms with Crippen LogP contribution >= 0.6 is 0 Å². The standard InChI is InChI=1S/C14H30N2O/c1-10-6-7-16(11(2)8-10)12(9-17)13(15)14(3,4)5/h10-13,17H,6-9,15H2,1-5H3. The summed E-state index contributed by atoms with van der Waals surface area (Å²) >= 11 is 0. The summed E-state index contributed by atoms with van der Waals surface area (Å²) in [7, 11) is 0. The highest BCUT2D eigenvalue weighted by molar-refractivity contribution is 4.93. The van der Waals surface area contributed by atoms with E-state index in [1.54, 1.807) is 0 Å². The largest absolute Gasteiger partial charge is 0.395 e. The van der Waals surface area contributed by atoms with E-state index in [9.17, 15) is 5.11 Å². The molecule has 4 atom stereocenters. The van der Waals surface area contributed by atoms with Crippen LogP contribution < -0.4 is 5.73 Å². The van der Waals surface area contributed by atoms with Crippen molar-refractivity contribution in [3.63, 3.8) is 0 Å². The van der Waals surface area contributed by atoms with Crippen LogP contribution in [0.1, 0.15) is 47.5 Å². The Bertz CT molecular complexity index is 237. The first-order valence-electron chi connectivity index (χ1n) is 6.89. The van der Waals surface area contributed by atoms with Crippen LogP contribution in [0.15, 0.2) is 0 Å². The zero-order valence-electron chi connectivity index (χ0n) is 12.1. The highest BCUT2D eigenvalue weighted by atomic mass is 16.3. The third-order valence-electron chi connectivity index (χ3n) is 4.22. The Hall–Kier alpha value is -0.120. The number of rotatable bonds is 3. The van der Waals surface area contributed by atoms with Crippen molar-refractivity contribution in [2.24, 2.45) is 17.1 Å². The topological polar surface area (TPSA) is 49.5 Å². The molecular formula is C14H30N2O. The molecule has 1 saturated heterocycles. The van der Waals surface area contributed by atoms with Gasteiger partial charge in [0.2, 0.25) is 0 Å². The molecule has 0 saturated carbocycles. The van der Waals surface area contributed by atoms with Crippen molar-refractivity contribution >= 4 is 0 Å². The quantitative estimate of drug-likeness (QED) is 0.794. The first-order valence-corrected chi connectivity index (χ1v) is 6.89. The molecule has 0 aliphatic carbocycles. The number of piperidine rings is 1. The van der Waals surface area contributed by atoms with Crippen molar-refractivity contribution < 1.29 is 5.11 Å². The summed E-state index contributed by atoms with van der Waals surface area (Å²) in [6.07, 6.45) is 2.44. The normalized spacial score (nSPS) is 31.2. The minimum absolute atomic E-state index is 0.0170. The van der Waals surface area contributed by atoms with Crippen molar-refractivity contribution in [1.82, 2.24) is 4.90 Å². The minimum atomic E-state index is 0.0170. The van der Waals surface area contributed by atoms with Gasteiger partial charge >= 0.3 is 0 Å². The maximum atomic E-state index is 9.67. The molecule has 0 bridgehead atoms. The third kappa shape index (κ3) is 3.67. The third-order valence-corrected chi connectivity index (χ3v) is 4.22. The van der Waals surface area contributed by atoms with Gasteiger partial charge in [-0.05, 0) is 37.6 Å². The van der Waals surface area contributed by atoms with Gasteiger partial charge in [0.05, 0.1) is 6.61 Å². The second-order valence-electron chi connectivity index (χ2n) is 6.86. The summed E-state index contributed by atoms with van der Waals surface area (Å²) in [4.78, 5) is 2.41. The summed E-state index contributed by atoms with van der Waals surface area (Å²) in [6.45, 7) is 12.3. The van der Waals surface area contributed by atoms with E-state index in [-0.39, 0.29) is 24.1 Å². The van der Waals surface area contributed by atoms with Gasteiger partial charge in [-0.3, -0.25) is 4.90 Å². The molecule has 0 radical (unpaired) electrons. The second kappa shape index (κ2) is 5.68. The van der Waals surface area contributed by atoms with Gasteiger partial charge in [-0.15, -0.1) is 0 Å². The first kappa shape index (κ1) is 14.9. The van der Waals surface area contributed by atoms with E-state index in [4.69, 9.17) is 5.73 Å². The van der Waals surface area contributed by atoms with E-state index in [2.05, 4.69) is 39.5 Å². The van der Waals surface area contributed by atoms with Crippen LogP contribution in [-0.4, -0.2) is 41.3 Å². The lowest BCUT2D eigenvalue weighted by Gasteiger charge is -2.46. The van der Waals surface area contributed by atoms with Crippen molar-refractivity contribution in [1.29, 1.82) is 0 Å². The van der Waals surface area contributed by atoms with Crippen LogP contribution in [0.4, 0.5) is 0 Å². The van der Waals surface area contributed by atoms with Crippen molar-refractivity contribution in [3.05, 3.63) is 0 Å². The summed E-state index contributed by atoms with van der Waals surface area (Å²) in [6, 6.07) is 0.644. The Morgan fingerprint density at radius 3 is 2.35 bits per heavy atom. The number of aliphatic hydroxyl groups is 1. The van der Waals surface area contributed by atoms with Crippen LogP contribution in [0.5, 0.6) is 0 Å². The van der Waals surface area contributed by atoms with Gasteiger partial charge in [0.15, 0.2) is 0 Å². The molecule has 1 rings (SSSR count). The molecule has 102 valence electrons. The molecule has 0 aromatic carbocycles. The van der Waals surface area contributed by atoms with Crippen LogP contribution in [0.2, 0.25) is 0 Å². The summed E-state index contributed by atoms with van der Waals surface area (Å²) in [5, 5.41) is 9.67. The maximum Gasteiger partial charge on any atom is 0.0602 e. The Kier molecular flexibility index (Phi) is 4.99. The number of aliphatic hydroxyl groups excluding tert-OH is 1. The molecule has 17 heavy (non-hydrogen) atoms. The molecule has 0 aromatic rings. The SMILES string of the molecule is CC1CCN(C(CO)C(N)C(C)(C)C)C(C)C1. The molecule has 1 heterocycles. The predicted molar refractivity (Wildman–Crippen MR) is 72.9 cm³/mol. The Morgan fingerprint density at radius 1 is 1.35 bits per heavy atom. The van der Waals surface area contributed by atoms with E-state index in [0.717, 1.165) is 12.5 Å². The zero-order valence-corrected chi connectivity index (χ0v) is 12.1. The van der Waals surface area contributed by atoms with Crippen LogP contribution in [0.3, 0.4) is 0 Å². The second-order valence-corrected chi connectivity index (χ2v) is 6.86. The van der Waals surface area contributed by atoms with Gasteiger partial charge in [-0.25, -0.2) is 0 Å². The number of nitrogens with zero attached hydrogens (tertiary/aromatic N) is 1. The Morgan fingerprint density at radius 2 is 1.94 bits per heavy atom. The fourth-order valence-electron chi connectivity index (χ4n) is 2.92. The first-order chi connectivity index (χ1) is 7.77. The Labute approximate surface area is 106 Å². The predicted octanol–water partition coefficient (Wildman–Crippen LogP) is 1.84. The summed E-state index contributed by atoms with van der Waals surface area (Å²) in [5.74, 6) is 0.798. The van der Waals surface area contributed by atoms with Crippen molar-refractivity contribution in [2.45, 2.75) is 65.6 Å². The van der Waals surface area contributed by atoms with Crippen molar-refractivity contribution in [2.75, 3.05) is 13.2 Å². The van der Waals surface area contributed by atoms with Crippen LogP contribution in [0, 0.1) is 11.3 Å². The number of hydrogen-bond donors (Lipinski definition) is 2. The smallest absolute Gasteiger partial charge is 0.0602 e. The molecule has 3 N–H and O–H groups in total. The lowest BCUT2D eigenvalue weighted by Crippen LogP contribution is -2.59. The lowest BCUT2D eigenvalue weighted by atomic mass is 9.81. The van der Waals surface area contributed by atoms with Crippen molar-refractivity contribution in [3.8, 4) is 0 Å². The zero-order chi connectivity index (χ0) is 13.2. The van der Waals surface area contributed by atoms with E-state index >= 15 is 0 Å². The molecule has 3 nitrogen and oxygen atoms in total. The Balaban J connectivity index is 2.73.